The fourth-order valence-electron chi connectivity index (χ4n) is 1.82. The van der Waals surface area contributed by atoms with Gasteiger partial charge in [0.2, 0.25) is 0 Å². The second-order valence-corrected chi connectivity index (χ2v) is 3.74. The first-order chi connectivity index (χ1) is 6.86. The third-order valence-electron chi connectivity index (χ3n) is 2.57. The summed E-state index contributed by atoms with van der Waals surface area (Å²) in [6, 6.07) is 0. The van der Waals surface area contributed by atoms with Crippen LogP contribution in [0.1, 0.15) is 19.3 Å². The van der Waals surface area contributed by atoms with Gasteiger partial charge in [0.1, 0.15) is 0 Å². The molecule has 1 rings (SSSR count). The molecule has 14 heavy (non-hydrogen) atoms. The maximum Gasteiger partial charge on any atom is 0.0702 e. The van der Waals surface area contributed by atoms with E-state index in [2.05, 4.69) is 4.90 Å². The second-order valence-electron chi connectivity index (χ2n) is 3.74. The van der Waals surface area contributed by atoms with E-state index in [0.717, 1.165) is 26.0 Å². The van der Waals surface area contributed by atoms with Crippen LogP contribution in [0, 0.1) is 0 Å². The Hall–Kier alpha value is -0.160. The average molecular weight is 203 g/mol. The van der Waals surface area contributed by atoms with Gasteiger partial charge in [-0.2, -0.15) is 0 Å². The molecule has 0 aromatic carbocycles. The van der Waals surface area contributed by atoms with Gasteiger partial charge in [-0.15, -0.1) is 0 Å². The molecule has 2 N–H and O–H groups in total. The lowest BCUT2D eigenvalue weighted by Crippen LogP contribution is -2.38. The Morgan fingerprint density at radius 1 is 1.14 bits per heavy atom. The van der Waals surface area contributed by atoms with Crippen molar-refractivity contribution in [2.24, 2.45) is 0 Å². The highest BCUT2D eigenvalue weighted by Crippen LogP contribution is 2.13. The lowest BCUT2D eigenvalue weighted by atomic mass is 10.1. The summed E-state index contributed by atoms with van der Waals surface area (Å²) in [5, 5.41) is 17.7. The van der Waals surface area contributed by atoms with Crippen molar-refractivity contribution in [3.05, 3.63) is 0 Å². The Bertz CT molecular complexity index is 131. The third kappa shape index (κ3) is 4.37. The fourth-order valence-corrected chi connectivity index (χ4v) is 1.82. The molecule has 0 aromatic heterocycles. The Labute approximate surface area is 85.5 Å². The van der Waals surface area contributed by atoms with Crippen LogP contribution in [0.2, 0.25) is 0 Å². The van der Waals surface area contributed by atoms with Gasteiger partial charge >= 0.3 is 0 Å². The fraction of sp³-hybridized carbons (Fsp3) is 1.00. The van der Waals surface area contributed by atoms with Crippen LogP contribution < -0.4 is 0 Å². The number of ether oxygens (including phenoxy) is 1. The van der Waals surface area contributed by atoms with E-state index in [0.29, 0.717) is 19.2 Å². The van der Waals surface area contributed by atoms with Crippen LogP contribution in [0.15, 0.2) is 0 Å². The smallest absolute Gasteiger partial charge is 0.0702 e. The molecular weight excluding hydrogens is 182 g/mol. The molecule has 0 aliphatic carbocycles. The van der Waals surface area contributed by atoms with Crippen molar-refractivity contribution in [3.63, 3.8) is 0 Å². The molecule has 0 spiro atoms. The summed E-state index contributed by atoms with van der Waals surface area (Å²) in [6.45, 7) is 3.23. The Kier molecular flexibility index (Phi) is 6.10. The second kappa shape index (κ2) is 7.17. The van der Waals surface area contributed by atoms with Crippen LogP contribution in [0.3, 0.4) is 0 Å². The SMILES string of the molecule is OCCN(CCO)CC1CCCCO1. The van der Waals surface area contributed by atoms with Gasteiger partial charge < -0.3 is 14.9 Å². The van der Waals surface area contributed by atoms with E-state index in [9.17, 15) is 0 Å². The van der Waals surface area contributed by atoms with Crippen molar-refractivity contribution in [1.82, 2.24) is 4.90 Å². The first-order valence-electron chi connectivity index (χ1n) is 5.42. The molecule has 0 radical (unpaired) electrons. The van der Waals surface area contributed by atoms with E-state index in [-0.39, 0.29) is 13.2 Å². The molecule has 1 heterocycles. The molecular formula is C10H21NO3. The van der Waals surface area contributed by atoms with Crippen molar-refractivity contribution < 1.29 is 14.9 Å². The minimum Gasteiger partial charge on any atom is -0.395 e. The predicted molar refractivity (Wildman–Crippen MR) is 54.2 cm³/mol. The third-order valence-corrected chi connectivity index (χ3v) is 2.57. The van der Waals surface area contributed by atoms with Crippen LogP contribution in [-0.4, -0.2) is 60.7 Å². The summed E-state index contributed by atoms with van der Waals surface area (Å²) in [6.07, 6.45) is 3.79. The highest BCUT2D eigenvalue weighted by atomic mass is 16.5. The van der Waals surface area contributed by atoms with E-state index >= 15 is 0 Å². The maximum atomic E-state index is 8.83. The highest BCUT2D eigenvalue weighted by Gasteiger charge is 2.16. The predicted octanol–water partition coefficient (Wildman–Crippen LogP) is -0.158. The zero-order valence-electron chi connectivity index (χ0n) is 8.69. The van der Waals surface area contributed by atoms with Crippen LogP contribution in [0.4, 0.5) is 0 Å². The van der Waals surface area contributed by atoms with E-state index in [1.165, 1.54) is 6.42 Å². The lowest BCUT2D eigenvalue weighted by molar-refractivity contribution is -0.0102. The Balaban J connectivity index is 2.21. The lowest BCUT2D eigenvalue weighted by Gasteiger charge is -2.29. The Morgan fingerprint density at radius 3 is 2.36 bits per heavy atom. The van der Waals surface area contributed by atoms with Crippen LogP contribution in [0.5, 0.6) is 0 Å². The van der Waals surface area contributed by atoms with Gasteiger partial charge in [-0.05, 0) is 19.3 Å². The standard InChI is InChI=1S/C10H21NO3/c12-6-4-11(5-7-13)9-10-3-1-2-8-14-10/h10,12-13H,1-9H2. The molecule has 1 aliphatic rings. The zero-order chi connectivity index (χ0) is 10.2. The van der Waals surface area contributed by atoms with Crippen LogP contribution in [0.25, 0.3) is 0 Å². The number of aliphatic hydroxyl groups excluding tert-OH is 2. The largest absolute Gasteiger partial charge is 0.395 e. The van der Waals surface area contributed by atoms with Crippen LogP contribution >= 0.6 is 0 Å². The first-order valence-corrected chi connectivity index (χ1v) is 5.42. The molecule has 1 aliphatic heterocycles. The van der Waals surface area contributed by atoms with Crippen molar-refractivity contribution >= 4 is 0 Å². The molecule has 0 saturated carbocycles. The van der Waals surface area contributed by atoms with Gasteiger partial charge in [-0.1, -0.05) is 0 Å². The van der Waals surface area contributed by atoms with E-state index < -0.39 is 0 Å². The molecule has 0 amide bonds. The monoisotopic (exact) mass is 203 g/mol. The molecule has 1 saturated heterocycles. The van der Waals surface area contributed by atoms with Gasteiger partial charge in [0, 0.05) is 26.2 Å². The molecule has 4 heteroatoms. The average Bonchev–Trinajstić information content (AvgIpc) is 2.20. The topological polar surface area (TPSA) is 52.9 Å². The zero-order valence-corrected chi connectivity index (χ0v) is 8.69. The number of nitrogens with zero attached hydrogens (tertiary/aromatic N) is 1. The van der Waals surface area contributed by atoms with Gasteiger partial charge in [0.05, 0.1) is 19.3 Å². The number of rotatable bonds is 6. The van der Waals surface area contributed by atoms with E-state index in [4.69, 9.17) is 14.9 Å². The highest BCUT2D eigenvalue weighted by molar-refractivity contribution is 4.69. The summed E-state index contributed by atoms with van der Waals surface area (Å²) < 4.78 is 5.60. The molecule has 1 fully saturated rings. The van der Waals surface area contributed by atoms with Gasteiger partial charge in [-0.3, -0.25) is 4.90 Å². The van der Waals surface area contributed by atoms with Crippen molar-refractivity contribution in [1.29, 1.82) is 0 Å². The number of hydrogen-bond donors (Lipinski definition) is 2. The maximum absolute atomic E-state index is 8.83. The normalized spacial score (nSPS) is 22.9. The molecule has 0 aromatic rings. The molecule has 0 bridgehead atoms. The summed E-state index contributed by atoms with van der Waals surface area (Å²) in [7, 11) is 0. The first kappa shape index (κ1) is 11.9. The van der Waals surface area contributed by atoms with Crippen LogP contribution in [-0.2, 0) is 4.74 Å². The molecule has 4 nitrogen and oxygen atoms in total. The molecule has 1 atom stereocenters. The van der Waals surface area contributed by atoms with Gasteiger partial charge in [-0.25, -0.2) is 0 Å². The minimum absolute atomic E-state index is 0.146. The van der Waals surface area contributed by atoms with Gasteiger partial charge in [0.25, 0.3) is 0 Å². The van der Waals surface area contributed by atoms with Gasteiger partial charge in [0.15, 0.2) is 0 Å². The number of hydrogen-bond acceptors (Lipinski definition) is 4. The molecule has 84 valence electrons. The Morgan fingerprint density at radius 2 is 1.86 bits per heavy atom. The summed E-state index contributed by atoms with van der Waals surface area (Å²) in [5.74, 6) is 0. The summed E-state index contributed by atoms with van der Waals surface area (Å²) >= 11 is 0. The van der Waals surface area contributed by atoms with Crippen molar-refractivity contribution in [2.45, 2.75) is 25.4 Å². The van der Waals surface area contributed by atoms with E-state index in [1.54, 1.807) is 0 Å². The number of aliphatic hydroxyl groups is 2. The van der Waals surface area contributed by atoms with E-state index in [1.807, 2.05) is 0 Å². The van der Waals surface area contributed by atoms with Crippen molar-refractivity contribution in [2.75, 3.05) is 39.5 Å². The minimum atomic E-state index is 0.146. The quantitative estimate of drug-likeness (QED) is 0.630. The molecule has 1 unspecified atom stereocenters. The van der Waals surface area contributed by atoms with Crippen molar-refractivity contribution in [3.8, 4) is 0 Å². The summed E-state index contributed by atoms with van der Waals surface area (Å²) in [5.41, 5.74) is 0. The summed E-state index contributed by atoms with van der Waals surface area (Å²) in [4.78, 5) is 2.05.